The predicted molar refractivity (Wildman–Crippen MR) is 141 cm³/mol. The highest BCUT2D eigenvalue weighted by atomic mass is 32.1. The Hall–Kier alpha value is -3.98. The van der Waals surface area contributed by atoms with Crippen LogP contribution in [0.3, 0.4) is 0 Å². The first-order valence-corrected chi connectivity index (χ1v) is 12.8. The Morgan fingerprint density at radius 2 is 1.73 bits per heavy atom. The first-order chi connectivity index (χ1) is 18.1. The Kier molecular flexibility index (Phi) is 7.60. The highest BCUT2D eigenvalue weighted by Gasteiger charge is 2.22. The summed E-state index contributed by atoms with van der Waals surface area (Å²) in [4.78, 5) is 21.1. The number of methoxy groups -OCH3 is 1. The molecule has 0 aliphatic carbocycles. The number of halogens is 1. The number of carbonyl (C=O) groups is 1. The lowest BCUT2D eigenvalue weighted by molar-refractivity contribution is -0.130. The van der Waals surface area contributed by atoms with Crippen molar-refractivity contribution in [2.75, 3.05) is 38.2 Å². The van der Waals surface area contributed by atoms with Crippen LogP contribution in [0.25, 0.3) is 0 Å². The Morgan fingerprint density at radius 1 is 0.946 bits per heavy atom. The number of rotatable bonds is 8. The third-order valence-corrected chi connectivity index (χ3v) is 6.89. The second kappa shape index (κ2) is 11.4. The zero-order chi connectivity index (χ0) is 25.6. The number of anilines is 1. The van der Waals surface area contributed by atoms with Gasteiger partial charge in [-0.3, -0.25) is 4.79 Å². The van der Waals surface area contributed by atoms with Crippen molar-refractivity contribution in [1.82, 2.24) is 14.3 Å². The van der Waals surface area contributed by atoms with Crippen molar-refractivity contribution in [1.29, 1.82) is 0 Å². The third kappa shape index (κ3) is 6.24. The first kappa shape index (κ1) is 24.7. The molecule has 4 aromatic rings. The van der Waals surface area contributed by atoms with E-state index < -0.39 is 0 Å². The van der Waals surface area contributed by atoms with Crippen molar-refractivity contribution in [3.63, 3.8) is 0 Å². The molecule has 0 bridgehead atoms. The molecule has 0 saturated carbocycles. The van der Waals surface area contributed by atoms with E-state index in [1.165, 1.54) is 17.6 Å². The maximum atomic E-state index is 14.1. The van der Waals surface area contributed by atoms with E-state index in [0.717, 1.165) is 16.9 Å². The summed E-state index contributed by atoms with van der Waals surface area (Å²) in [5, 5.41) is 0.467. The lowest BCUT2D eigenvalue weighted by Gasteiger charge is -2.36. The number of hydrogen-bond acceptors (Lipinski definition) is 7. The standard InChI is InChI=1S/C28H27FN4O3S/c1-35-23-6-4-5-21(17-23)18-26-30-28(37-31-26)36-22-11-9-20(10-12-22)19-27(34)33-15-13-32(14-16-33)25-8-3-2-7-24(25)29/h2-12,17H,13-16,18-19H2,1H3. The average Bonchev–Trinajstić information content (AvgIpc) is 3.36. The summed E-state index contributed by atoms with van der Waals surface area (Å²) >= 11 is 1.20. The summed E-state index contributed by atoms with van der Waals surface area (Å²) in [5.41, 5.74) is 2.56. The molecule has 0 N–H and O–H groups in total. The summed E-state index contributed by atoms with van der Waals surface area (Å²) < 4.78 is 29.6. The van der Waals surface area contributed by atoms with E-state index in [1.807, 2.05) is 64.4 Å². The van der Waals surface area contributed by atoms with Gasteiger partial charge in [0.15, 0.2) is 5.82 Å². The van der Waals surface area contributed by atoms with Gasteiger partial charge in [0.2, 0.25) is 5.91 Å². The topological polar surface area (TPSA) is 67.8 Å². The lowest BCUT2D eigenvalue weighted by atomic mass is 10.1. The largest absolute Gasteiger partial charge is 0.497 e. The SMILES string of the molecule is COc1cccc(Cc2nsc(Oc3ccc(CC(=O)N4CCN(c5ccccc5F)CC4)cc3)n2)c1. The molecule has 190 valence electrons. The van der Waals surface area contributed by atoms with Crippen LogP contribution < -0.4 is 14.4 Å². The molecule has 7 nitrogen and oxygen atoms in total. The van der Waals surface area contributed by atoms with Gasteiger partial charge in [0.05, 0.1) is 19.2 Å². The normalized spacial score (nSPS) is 13.5. The fourth-order valence-electron chi connectivity index (χ4n) is 4.28. The zero-order valence-electron chi connectivity index (χ0n) is 20.5. The second-order valence-corrected chi connectivity index (χ2v) is 9.46. The highest BCUT2D eigenvalue weighted by Crippen LogP contribution is 2.25. The fraction of sp³-hybridized carbons (Fsp3) is 0.250. The van der Waals surface area contributed by atoms with Crippen LogP contribution in [0.1, 0.15) is 17.0 Å². The van der Waals surface area contributed by atoms with E-state index in [1.54, 1.807) is 19.2 Å². The number of amides is 1. The van der Waals surface area contributed by atoms with E-state index >= 15 is 0 Å². The molecule has 0 radical (unpaired) electrons. The molecular weight excluding hydrogens is 491 g/mol. The molecule has 0 unspecified atom stereocenters. The molecule has 1 aliphatic rings. The Bertz CT molecular complexity index is 1350. The van der Waals surface area contributed by atoms with Crippen molar-refractivity contribution in [2.24, 2.45) is 0 Å². The molecule has 37 heavy (non-hydrogen) atoms. The quantitative estimate of drug-likeness (QED) is 0.329. The number of aromatic nitrogens is 2. The summed E-state index contributed by atoms with van der Waals surface area (Å²) in [6.07, 6.45) is 0.899. The van der Waals surface area contributed by atoms with Gasteiger partial charge in [-0.25, -0.2) is 4.39 Å². The van der Waals surface area contributed by atoms with Crippen molar-refractivity contribution in [3.8, 4) is 16.7 Å². The van der Waals surface area contributed by atoms with Gasteiger partial charge in [-0.2, -0.15) is 9.36 Å². The number of benzene rings is 3. The van der Waals surface area contributed by atoms with Crippen LogP contribution in [-0.2, 0) is 17.6 Å². The van der Waals surface area contributed by atoms with Crippen LogP contribution in [0, 0.1) is 5.82 Å². The molecule has 1 fully saturated rings. The highest BCUT2D eigenvalue weighted by molar-refractivity contribution is 7.07. The van der Waals surface area contributed by atoms with Crippen LogP contribution in [0.15, 0.2) is 72.8 Å². The zero-order valence-corrected chi connectivity index (χ0v) is 21.3. The monoisotopic (exact) mass is 518 g/mol. The van der Waals surface area contributed by atoms with Gasteiger partial charge in [0.25, 0.3) is 5.19 Å². The lowest BCUT2D eigenvalue weighted by Crippen LogP contribution is -2.49. The maximum absolute atomic E-state index is 14.1. The van der Waals surface area contributed by atoms with E-state index in [9.17, 15) is 9.18 Å². The molecule has 1 aliphatic heterocycles. The molecule has 9 heteroatoms. The Labute approximate surface area is 219 Å². The first-order valence-electron chi connectivity index (χ1n) is 12.1. The van der Waals surface area contributed by atoms with Crippen LogP contribution in [0.2, 0.25) is 0 Å². The molecule has 3 aromatic carbocycles. The van der Waals surface area contributed by atoms with E-state index in [0.29, 0.717) is 61.5 Å². The van der Waals surface area contributed by atoms with Crippen LogP contribution in [0.4, 0.5) is 10.1 Å². The Balaban J connectivity index is 1.11. The third-order valence-electron chi connectivity index (χ3n) is 6.26. The number of nitrogens with zero attached hydrogens (tertiary/aromatic N) is 4. The molecule has 0 spiro atoms. The molecular formula is C28H27FN4O3S. The molecule has 1 saturated heterocycles. The fourth-order valence-corrected chi connectivity index (χ4v) is 4.85. The molecule has 1 amide bonds. The smallest absolute Gasteiger partial charge is 0.298 e. The number of piperazine rings is 1. The molecule has 5 rings (SSSR count). The summed E-state index contributed by atoms with van der Waals surface area (Å²) in [5.74, 6) is 1.95. The molecule has 2 heterocycles. The van der Waals surface area contributed by atoms with Gasteiger partial charge < -0.3 is 19.3 Å². The van der Waals surface area contributed by atoms with Gasteiger partial charge in [0.1, 0.15) is 17.3 Å². The summed E-state index contributed by atoms with van der Waals surface area (Å²) in [6.45, 7) is 2.37. The van der Waals surface area contributed by atoms with Crippen LogP contribution in [-0.4, -0.2) is 53.5 Å². The van der Waals surface area contributed by atoms with Gasteiger partial charge in [-0.15, -0.1) is 0 Å². The van der Waals surface area contributed by atoms with E-state index in [-0.39, 0.29) is 11.7 Å². The minimum atomic E-state index is -0.230. The van der Waals surface area contributed by atoms with Crippen molar-refractivity contribution in [3.05, 3.63) is 95.6 Å². The van der Waals surface area contributed by atoms with Gasteiger partial charge in [-0.05, 0) is 47.5 Å². The van der Waals surface area contributed by atoms with Crippen molar-refractivity contribution in [2.45, 2.75) is 12.8 Å². The van der Waals surface area contributed by atoms with Gasteiger partial charge >= 0.3 is 0 Å². The maximum Gasteiger partial charge on any atom is 0.298 e. The predicted octanol–water partition coefficient (Wildman–Crippen LogP) is 4.96. The molecule has 1 aromatic heterocycles. The van der Waals surface area contributed by atoms with Gasteiger partial charge in [-0.1, -0.05) is 36.4 Å². The van der Waals surface area contributed by atoms with Crippen molar-refractivity contribution >= 4 is 23.1 Å². The second-order valence-electron chi connectivity index (χ2n) is 8.75. The van der Waals surface area contributed by atoms with Crippen LogP contribution in [0.5, 0.6) is 16.7 Å². The van der Waals surface area contributed by atoms with Gasteiger partial charge in [0, 0.05) is 44.1 Å². The van der Waals surface area contributed by atoms with E-state index in [4.69, 9.17) is 9.47 Å². The molecule has 0 atom stereocenters. The summed E-state index contributed by atoms with van der Waals surface area (Å²) in [6, 6.07) is 22.0. The number of carbonyl (C=O) groups excluding carboxylic acids is 1. The van der Waals surface area contributed by atoms with E-state index in [2.05, 4.69) is 9.36 Å². The number of ether oxygens (including phenoxy) is 2. The summed E-state index contributed by atoms with van der Waals surface area (Å²) in [7, 11) is 1.64. The Morgan fingerprint density at radius 3 is 2.49 bits per heavy atom. The minimum absolute atomic E-state index is 0.0631. The average molecular weight is 519 g/mol. The van der Waals surface area contributed by atoms with Crippen molar-refractivity contribution < 1.29 is 18.7 Å². The number of para-hydroxylation sites is 1. The number of hydrogen-bond donors (Lipinski definition) is 0. The van der Waals surface area contributed by atoms with Crippen LogP contribution >= 0.6 is 11.5 Å². The minimum Gasteiger partial charge on any atom is -0.497 e.